The molecule has 0 aliphatic heterocycles. The van der Waals surface area contributed by atoms with Crippen LogP contribution in [0.4, 0.5) is 5.69 Å². The van der Waals surface area contributed by atoms with Gasteiger partial charge in [-0.1, -0.05) is 11.6 Å². The summed E-state index contributed by atoms with van der Waals surface area (Å²) in [4.78, 5) is 25.8. The fourth-order valence-electron chi connectivity index (χ4n) is 2.38. The highest BCUT2D eigenvalue weighted by Crippen LogP contribution is 2.24. The fraction of sp³-hybridized carbons (Fsp3) is 0.538. The third-order valence-corrected chi connectivity index (χ3v) is 3.95. The van der Waals surface area contributed by atoms with E-state index >= 15 is 0 Å². The van der Waals surface area contributed by atoms with Crippen LogP contribution in [0.3, 0.4) is 0 Å². The number of rotatable bonds is 4. The van der Waals surface area contributed by atoms with E-state index in [-0.39, 0.29) is 22.5 Å². The molecule has 0 radical (unpaired) electrons. The van der Waals surface area contributed by atoms with Crippen molar-refractivity contribution in [1.29, 1.82) is 0 Å². The molecule has 1 fully saturated rings. The number of nitrogens with one attached hydrogen (secondary N) is 1. The van der Waals surface area contributed by atoms with Crippen molar-refractivity contribution in [3.05, 3.63) is 33.1 Å². The number of carbonyl (C=O) groups is 1. The van der Waals surface area contributed by atoms with Crippen LogP contribution < -0.4 is 5.32 Å². The minimum Gasteiger partial charge on any atom is -0.393 e. The summed E-state index contributed by atoms with van der Waals surface area (Å²) < 4.78 is 0. The zero-order valence-corrected chi connectivity index (χ0v) is 12.0. The number of nitrogens with zero attached hydrogens (tertiary/aromatic N) is 2. The second-order valence-electron chi connectivity index (χ2n) is 5.17. The summed E-state index contributed by atoms with van der Waals surface area (Å²) in [5, 5.41) is 22.8. The number of hydrogen-bond donors (Lipinski definition) is 2. The van der Waals surface area contributed by atoms with Crippen LogP contribution in [0.2, 0.25) is 5.15 Å². The van der Waals surface area contributed by atoms with E-state index < -0.39 is 10.8 Å². The summed E-state index contributed by atoms with van der Waals surface area (Å²) in [6, 6.07) is 1.12. The Hall–Kier alpha value is -1.73. The second-order valence-corrected chi connectivity index (χ2v) is 5.53. The Kier molecular flexibility index (Phi) is 5.08. The molecule has 1 amide bonds. The van der Waals surface area contributed by atoms with E-state index in [1.54, 1.807) is 0 Å². The predicted molar refractivity (Wildman–Crippen MR) is 76.2 cm³/mol. The predicted octanol–water partition coefficient (Wildman–Crippen LogP) is 1.92. The van der Waals surface area contributed by atoms with E-state index in [0.717, 1.165) is 37.9 Å². The number of aliphatic hydroxyl groups excluding tert-OH is 1. The smallest absolute Gasteiger partial charge is 0.288 e. The zero-order valence-electron chi connectivity index (χ0n) is 11.3. The summed E-state index contributed by atoms with van der Waals surface area (Å²) in [6.07, 6.45) is 3.94. The molecule has 1 aromatic heterocycles. The molecule has 1 aromatic rings. The maximum atomic E-state index is 12.0. The van der Waals surface area contributed by atoms with Crippen molar-refractivity contribution < 1.29 is 14.8 Å². The fourth-order valence-corrected chi connectivity index (χ4v) is 2.57. The van der Waals surface area contributed by atoms with Gasteiger partial charge in [0, 0.05) is 12.6 Å². The molecule has 114 valence electrons. The molecule has 2 N–H and O–H groups in total. The third kappa shape index (κ3) is 4.12. The van der Waals surface area contributed by atoms with Crippen molar-refractivity contribution in [2.75, 3.05) is 6.54 Å². The maximum absolute atomic E-state index is 12.0. The highest BCUT2D eigenvalue weighted by molar-refractivity contribution is 6.32. The van der Waals surface area contributed by atoms with Gasteiger partial charge >= 0.3 is 0 Å². The van der Waals surface area contributed by atoms with Gasteiger partial charge in [-0.3, -0.25) is 14.9 Å². The van der Waals surface area contributed by atoms with E-state index in [4.69, 9.17) is 11.6 Å². The van der Waals surface area contributed by atoms with Gasteiger partial charge in [0.2, 0.25) is 0 Å². The molecular formula is C13H16ClN3O4. The molecule has 0 spiro atoms. The molecule has 1 saturated carbocycles. The standard InChI is InChI=1S/C13H16ClN3O4/c14-12-11(5-9(7-15-12)17(20)21)13(19)16-6-8-1-3-10(18)4-2-8/h5,7-8,10,18H,1-4,6H2,(H,16,19). The Bertz CT molecular complexity index is 544. The lowest BCUT2D eigenvalue weighted by molar-refractivity contribution is -0.385. The van der Waals surface area contributed by atoms with Crippen molar-refractivity contribution in [2.24, 2.45) is 5.92 Å². The van der Waals surface area contributed by atoms with Gasteiger partial charge in [-0.05, 0) is 31.6 Å². The Morgan fingerprint density at radius 1 is 1.48 bits per heavy atom. The lowest BCUT2D eigenvalue weighted by Crippen LogP contribution is -2.32. The first kappa shape index (κ1) is 15.7. The average molecular weight is 314 g/mol. The maximum Gasteiger partial charge on any atom is 0.288 e. The molecule has 1 aliphatic rings. The molecular weight excluding hydrogens is 298 g/mol. The molecule has 0 unspecified atom stereocenters. The molecule has 2 rings (SSSR count). The van der Waals surface area contributed by atoms with Crippen LogP contribution in [0.1, 0.15) is 36.0 Å². The van der Waals surface area contributed by atoms with Crippen molar-refractivity contribution in [1.82, 2.24) is 10.3 Å². The van der Waals surface area contributed by atoms with Gasteiger partial charge in [0.05, 0.1) is 16.6 Å². The molecule has 1 aliphatic carbocycles. The van der Waals surface area contributed by atoms with Crippen LogP contribution >= 0.6 is 11.6 Å². The van der Waals surface area contributed by atoms with E-state index in [0.29, 0.717) is 12.5 Å². The largest absolute Gasteiger partial charge is 0.393 e. The van der Waals surface area contributed by atoms with Gasteiger partial charge < -0.3 is 10.4 Å². The van der Waals surface area contributed by atoms with Crippen molar-refractivity contribution in [3.8, 4) is 0 Å². The molecule has 0 atom stereocenters. The minimum absolute atomic E-state index is 0.00158. The van der Waals surface area contributed by atoms with Crippen LogP contribution in [-0.2, 0) is 0 Å². The number of aliphatic hydroxyl groups is 1. The van der Waals surface area contributed by atoms with Crippen molar-refractivity contribution >= 4 is 23.2 Å². The summed E-state index contributed by atoms with van der Waals surface area (Å²) in [7, 11) is 0. The third-order valence-electron chi connectivity index (χ3n) is 3.65. The first-order valence-electron chi connectivity index (χ1n) is 6.73. The molecule has 0 aromatic carbocycles. The summed E-state index contributed by atoms with van der Waals surface area (Å²) >= 11 is 5.81. The van der Waals surface area contributed by atoms with E-state index in [1.165, 1.54) is 0 Å². The molecule has 21 heavy (non-hydrogen) atoms. The molecule has 0 saturated heterocycles. The van der Waals surface area contributed by atoms with Crippen LogP contribution in [0.15, 0.2) is 12.3 Å². The molecule has 8 heteroatoms. The highest BCUT2D eigenvalue weighted by Gasteiger charge is 2.21. The summed E-state index contributed by atoms with van der Waals surface area (Å²) in [6.45, 7) is 0.463. The van der Waals surface area contributed by atoms with Gasteiger partial charge in [0.25, 0.3) is 11.6 Å². The SMILES string of the molecule is O=C(NCC1CCC(O)CC1)c1cc([N+](=O)[O-])cnc1Cl. The summed E-state index contributed by atoms with van der Waals surface area (Å²) in [5.41, 5.74) is -0.271. The number of aromatic nitrogens is 1. The lowest BCUT2D eigenvalue weighted by Gasteiger charge is -2.25. The normalized spacial score (nSPS) is 21.8. The van der Waals surface area contributed by atoms with Gasteiger partial charge in [-0.25, -0.2) is 4.98 Å². The number of nitro groups is 1. The molecule has 0 bridgehead atoms. The van der Waals surface area contributed by atoms with Crippen molar-refractivity contribution in [3.63, 3.8) is 0 Å². The van der Waals surface area contributed by atoms with Crippen LogP contribution in [0.5, 0.6) is 0 Å². The average Bonchev–Trinajstić information content (AvgIpc) is 2.46. The van der Waals surface area contributed by atoms with Gasteiger partial charge in [-0.15, -0.1) is 0 Å². The number of amides is 1. The van der Waals surface area contributed by atoms with Crippen LogP contribution in [-0.4, -0.2) is 33.6 Å². The van der Waals surface area contributed by atoms with E-state index in [1.807, 2.05) is 0 Å². The quantitative estimate of drug-likeness (QED) is 0.502. The summed E-state index contributed by atoms with van der Waals surface area (Å²) in [5.74, 6) is -0.162. The van der Waals surface area contributed by atoms with Crippen LogP contribution in [0, 0.1) is 16.0 Å². The topological polar surface area (TPSA) is 105 Å². The number of hydrogen-bond acceptors (Lipinski definition) is 5. The monoisotopic (exact) mass is 313 g/mol. The van der Waals surface area contributed by atoms with Crippen molar-refractivity contribution in [2.45, 2.75) is 31.8 Å². The van der Waals surface area contributed by atoms with Gasteiger partial charge in [0.1, 0.15) is 11.3 Å². The Balaban J connectivity index is 1.97. The first-order valence-corrected chi connectivity index (χ1v) is 7.11. The first-order chi connectivity index (χ1) is 9.97. The Morgan fingerprint density at radius 2 is 2.14 bits per heavy atom. The Morgan fingerprint density at radius 3 is 2.76 bits per heavy atom. The number of carbonyl (C=O) groups excluding carboxylic acids is 1. The molecule has 7 nitrogen and oxygen atoms in total. The van der Waals surface area contributed by atoms with Gasteiger partial charge in [0.15, 0.2) is 0 Å². The van der Waals surface area contributed by atoms with E-state index in [9.17, 15) is 20.0 Å². The minimum atomic E-state index is -0.622. The zero-order chi connectivity index (χ0) is 15.4. The molecule has 1 heterocycles. The Labute approximate surface area is 126 Å². The highest BCUT2D eigenvalue weighted by atomic mass is 35.5. The van der Waals surface area contributed by atoms with E-state index in [2.05, 4.69) is 10.3 Å². The van der Waals surface area contributed by atoms with Crippen LogP contribution in [0.25, 0.3) is 0 Å². The number of pyridine rings is 1. The second kappa shape index (κ2) is 6.82. The lowest BCUT2D eigenvalue weighted by atomic mass is 9.87. The number of halogens is 1. The van der Waals surface area contributed by atoms with Gasteiger partial charge in [-0.2, -0.15) is 0 Å².